The number of nitriles is 1. The summed E-state index contributed by atoms with van der Waals surface area (Å²) < 4.78 is 5.16. The molecule has 0 saturated heterocycles. The molecule has 0 heterocycles. The molecule has 112 valence electrons. The van der Waals surface area contributed by atoms with Gasteiger partial charge in [-0.25, -0.2) is 0 Å². The topological polar surface area (TPSA) is 69.4 Å². The standard InChI is InChI=1S/C15H20N4OS/c1-2-3-4-10-17-15(21)19-18-12-13-5-7-14(8-6-13)20-11-9-16/h5-8,12H,2-4,10-11H2,1H3,(H2,17,19,21)/b18-12-. The highest BCUT2D eigenvalue weighted by atomic mass is 32.1. The van der Waals surface area contributed by atoms with Crippen LogP contribution in [0.15, 0.2) is 29.4 Å². The quantitative estimate of drug-likeness (QED) is 0.334. The number of hydrazone groups is 1. The van der Waals surface area contributed by atoms with Gasteiger partial charge in [0.25, 0.3) is 0 Å². The first-order valence-corrected chi connectivity index (χ1v) is 7.33. The van der Waals surface area contributed by atoms with Crippen LogP contribution < -0.4 is 15.5 Å². The van der Waals surface area contributed by atoms with Crippen molar-refractivity contribution in [2.75, 3.05) is 13.2 Å². The molecular formula is C15H20N4OS. The molecular weight excluding hydrogens is 284 g/mol. The van der Waals surface area contributed by atoms with Crippen LogP contribution in [0.5, 0.6) is 5.75 Å². The van der Waals surface area contributed by atoms with Gasteiger partial charge in [0, 0.05) is 6.54 Å². The first-order chi connectivity index (χ1) is 10.3. The zero-order chi connectivity index (χ0) is 15.3. The second-order valence-corrected chi connectivity index (χ2v) is 4.76. The van der Waals surface area contributed by atoms with Crippen molar-refractivity contribution in [1.29, 1.82) is 5.26 Å². The monoisotopic (exact) mass is 304 g/mol. The van der Waals surface area contributed by atoms with E-state index in [-0.39, 0.29) is 6.61 Å². The molecule has 1 aromatic rings. The Kier molecular flexibility index (Phi) is 8.57. The summed E-state index contributed by atoms with van der Waals surface area (Å²) in [5.41, 5.74) is 3.69. The molecule has 0 fully saturated rings. The molecule has 5 nitrogen and oxygen atoms in total. The lowest BCUT2D eigenvalue weighted by molar-refractivity contribution is 0.368. The number of ether oxygens (including phenoxy) is 1. The maximum absolute atomic E-state index is 8.42. The SMILES string of the molecule is CCCCCNC(=S)N/N=C\c1ccc(OCC#N)cc1. The van der Waals surface area contributed by atoms with E-state index in [4.69, 9.17) is 22.2 Å². The van der Waals surface area contributed by atoms with Gasteiger partial charge in [0.15, 0.2) is 11.7 Å². The van der Waals surface area contributed by atoms with Gasteiger partial charge < -0.3 is 10.1 Å². The Morgan fingerprint density at radius 3 is 2.81 bits per heavy atom. The highest BCUT2D eigenvalue weighted by Crippen LogP contribution is 2.10. The lowest BCUT2D eigenvalue weighted by Gasteiger charge is -2.06. The summed E-state index contributed by atoms with van der Waals surface area (Å²) >= 11 is 5.10. The number of benzene rings is 1. The minimum Gasteiger partial charge on any atom is -0.479 e. The van der Waals surface area contributed by atoms with E-state index in [0.29, 0.717) is 10.9 Å². The van der Waals surface area contributed by atoms with E-state index in [1.54, 1.807) is 18.3 Å². The highest BCUT2D eigenvalue weighted by molar-refractivity contribution is 7.80. The third-order valence-corrected chi connectivity index (χ3v) is 2.86. The zero-order valence-electron chi connectivity index (χ0n) is 12.1. The largest absolute Gasteiger partial charge is 0.479 e. The number of hydrogen-bond donors (Lipinski definition) is 2. The average molecular weight is 304 g/mol. The third kappa shape index (κ3) is 7.90. The Morgan fingerprint density at radius 1 is 1.38 bits per heavy atom. The minimum atomic E-state index is 0.0486. The summed E-state index contributed by atoms with van der Waals surface area (Å²) in [5, 5.41) is 16.1. The highest BCUT2D eigenvalue weighted by Gasteiger charge is 1.94. The lowest BCUT2D eigenvalue weighted by atomic mass is 10.2. The fourth-order valence-corrected chi connectivity index (χ4v) is 1.70. The van der Waals surface area contributed by atoms with Crippen LogP contribution in [0, 0.1) is 11.3 Å². The summed E-state index contributed by atoms with van der Waals surface area (Å²) in [4.78, 5) is 0. The predicted octanol–water partition coefficient (Wildman–Crippen LogP) is 2.58. The van der Waals surface area contributed by atoms with E-state index in [1.165, 1.54) is 12.8 Å². The van der Waals surface area contributed by atoms with Crippen LogP contribution >= 0.6 is 12.2 Å². The second-order valence-electron chi connectivity index (χ2n) is 4.35. The molecule has 0 aliphatic heterocycles. The summed E-state index contributed by atoms with van der Waals surface area (Å²) in [7, 11) is 0. The van der Waals surface area contributed by atoms with Crippen molar-refractivity contribution in [2.24, 2.45) is 5.10 Å². The Morgan fingerprint density at radius 2 is 2.14 bits per heavy atom. The molecule has 0 unspecified atom stereocenters. The smallest absolute Gasteiger partial charge is 0.186 e. The number of unbranched alkanes of at least 4 members (excludes halogenated alkanes) is 2. The fraction of sp³-hybridized carbons (Fsp3) is 0.400. The van der Waals surface area contributed by atoms with E-state index >= 15 is 0 Å². The Hall–Kier alpha value is -2.13. The van der Waals surface area contributed by atoms with Crippen LogP contribution in [0.2, 0.25) is 0 Å². The van der Waals surface area contributed by atoms with Gasteiger partial charge in [-0.05, 0) is 48.5 Å². The Bertz CT molecular complexity index is 493. The maximum atomic E-state index is 8.42. The van der Waals surface area contributed by atoms with Gasteiger partial charge in [0.1, 0.15) is 11.8 Å². The maximum Gasteiger partial charge on any atom is 0.186 e. The van der Waals surface area contributed by atoms with Gasteiger partial charge in [-0.3, -0.25) is 5.43 Å². The molecule has 0 aromatic heterocycles. The Balaban J connectivity index is 2.29. The summed E-state index contributed by atoms with van der Waals surface area (Å²) in [5.74, 6) is 0.662. The first-order valence-electron chi connectivity index (χ1n) is 6.93. The van der Waals surface area contributed by atoms with Gasteiger partial charge in [-0.2, -0.15) is 10.4 Å². The van der Waals surface area contributed by atoms with Crippen LogP contribution in [0.1, 0.15) is 31.7 Å². The predicted molar refractivity (Wildman–Crippen MR) is 88.4 cm³/mol. The van der Waals surface area contributed by atoms with Gasteiger partial charge >= 0.3 is 0 Å². The molecule has 0 atom stereocenters. The fourth-order valence-electron chi connectivity index (χ4n) is 1.55. The van der Waals surface area contributed by atoms with E-state index in [1.807, 2.05) is 18.2 Å². The van der Waals surface area contributed by atoms with Crippen molar-refractivity contribution in [1.82, 2.24) is 10.7 Å². The number of nitrogens with zero attached hydrogens (tertiary/aromatic N) is 2. The molecule has 0 amide bonds. The molecule has 0 aliphatic carbocycles. The van der Waals surface area contributed by atoms with Gasteiger partial charge in [0.05, 0.1) is 6.21 Å². The van der Waals surface area contributed by atoms with Crippen molar-refractivity contribution in [2.45, 2.75) is 26.2 Å². The normalized spacial score (nSPS) is 10.1. The van der Waals surface area contributed by atoms with Crippen LogP contribution in [-0.4, -0.2) is 24.5 Å². The number of hydrogen-bond acceptors (Lipinski definition) is 4. The molecule has 0 bridgehead atoms. The molecule has 6 heteroatoms. The summed E-state index contributed by atoms with van der Waals surface area (Å²) in [6.07, 6.45) is 5.16. The van der Waals surface area contributed by atoms with Gasteiger partial charge in [0.2, 0.25) is 0 Å². The van der Waals surface area contributed by atoms with Gasteiger partial charge in [-0.15, -0.1) is 0 Å². The number of thiocarbonyl (C=S) groups is 1. The minimum absolute atomic E-state index is 0.0486. The molecule has 2 N–H and O–H groups in total. The number of rotatable bonds is 8. The second kappa shape index (κ2) is 10.6. The summed E-state index contributed by atoms with van der Waals surface area (Å²) in [6.45, 7) is 3.07. The van der Waals surface area contributed by atoms with Crippen molar-refractivity contribution in [3.63, 3.8) is 0 Å². The lowest BCUT2D eigenvalue weighted by Crippen LogP contribution is -2.32. The van der Waals surface area contributed by atoms with Crippen LogP contribution in [-0.2, 0) is 0 Å². The van der Waals surface area contributed by atoms with Crippen molar-refractivity contribution >= 4 is 23.5 Å². The molecule has 0 radical (unpaired) electrons. The third-order valence-electron chi connectivity index (χ3n) is 2.63. The average Bonchev–Trinajstić information content (AvgIpc) is 2.51. The zero-order valence-corrected chi connectivity index (χ0v) is 12.9. The van der Waals surface area contributed by atoms with E-state index in [2.05, 4.69) is 22.8 Å². The van der Waals surface area contributed by atoms with E-state index < -0.39 is 0 Å². The summed E-state index contributed by atoms with van der Waals surface area (Å²) in [6, 6.07) is 9.22. The molecule has 0 aliphatic rings. The molecule has 1 rings (SSSR count). The molecule has 0 spiro atoms. The number of nitrogens with one attached hydrogen (secondary N) is 2. The Labute approximate surface area is 131 Å². The van der Waals surface area contributed by atoms with Crippen LogP contribution in [0.25, 0.3) is 0 Å². The molecule has 21 heavy (non-hydrogen) atoms. The van der Waals surface area contributed by atoms with Crippen molar-refractivity contribution < 1.29 is 4.74 Å². The van der Waals surface area contributed by atoms with Crippen LogP contribution in [0.4, 0.5) is 0 Å². The van der Waals surface area contributed by atoms with E-state index in [0.717, 1.165) is 18.5 Å². The van der Waals surface area contributed by atoms with Crippen LogP contribution in [0.3, 0.4) is 0 Å². The van der Waals surface area contributed by atoms with E-state index in [9.17, 15) is 0 Å². The molecule has 0 saturated carbocycles. The molecule has 1 aromatic carbocycles. The van der Waals surface area contributed by atoms with Crippen molar-refractivity contribution in [3.8, 4) is 11.8 Å². The van der Waals surface area contributed by atoms with Crippen molar-refractivity contribution in [3.05, 3.63) is 29.8 Å². The first kappa shape index (κ1) is 16.9. The van der Waals surface area contributed by atoms with Gasteiger partial charge in [-0.1, -0.05) is 19.8 Å².